The molecule has 1 aliphatic rings. The summed E-state index contributed by atoms with van der Waals surface area (Å²) in [6, 6.07) is 5.75. The summed E-state index contributed by atoms with van der Waals surface area (Å²) in [5.74, 6) is 0.812. The zero-order valence-electron chi connectivity index (χ0n) is 10.6. The molecular formula is C13H17BrN2O2. The van der Waals surface area contributed by atoms with E-state index in [1.165, 1.54) is 0 Å². The van der Waals surface area contributed by atoms with Crippen LogP contribution in [0.3, 0.4) is 0 Å². The number of nitrogens with one attached hydrogen (secondary N) is 1. The van der Waals surface area contributed by atoms with E-state index < -0.39 is 0 Å². The number of benzene rings is 1. The highest BCUT2D eigenvalue weighted by Gasteiger charge is 2.28. The van der Waals surface area contributed by atoms with Gasteiger partial charge in [0.1, 0.15) is 5.75 Å². The maximum atomic E-state index is 12.4. The van der Waals surface area contributed by atoms with Crippen LogP contribution in [-0.2, 0) is 0 Å². The molecule has 0 aliphatic carbocycles. The van der Waals surface area contributed by atoms with Gasteiger partial charge in [0.15, 0.2) is 0 Å². The third-order valence-corrected chi connectivity index (χ3v) is 3.82. The molecule has 0 saturated carbocycles. The van der Waals surface area contributed by atoms with E-state index in [0.29, 0.717) is 11.6 Å². The van der Waals surface area contributed by atoms with Gasteiger partial charge < -0.3 is 15.0 Å². The van der Waals surface area contributed by atoms with Gasteiger partial charge in [0.25, 0.3) is 5.91 Å². The second-order valence-electron chi connectivity index (χ2n) is 4.25. The minimum Gasteiger partial charge on any atom is -0.496 e. The van der Waals surface area contributed by atoms with Gasteiger partial charge >= 0.3 is 0 Å². The molecule has 0 spiro atoms. The summed E-state index contributed by atoms with van der Waals surface area (Å²) in [6.45, 7) is 4.51. The lowest BCUT2D eigenvalue weighted by Gasteiger charge is -2.37. The normalized spacial score (nSPS) is 15.1. The molecule has 1 fully saturated rings. The second-order valence-corrected chi connectivity index (χ2v) is 5.11. The molecule has 2 rings (SSSR count). The molecule has 0 radical (unpaired) electrons. The number of methoxy groups -OCH3 is 1. The number of halogens is 1. The van der Waals surface area contributed by atoms with Crippen LogP contribution in [0, 0.1) is 0 Å². The fourth-order valence-corrected chi connectivity index (χ4v) is 2.57. The van der Waals surface area contributed by atoms with Crippen LogP contribution < -0.4 is 10.1 Å². The third-order valence-electron chi connectivity index (χ3n) is 3.20. The van der Waals surface area contributed by atoms with Crippen LogP contribution in [-0.4, -0.2) is 43.6 Å². The smallest absolute Gasteiger partial charge is 0.254 e. The Morgan fingerprint density at radius 2 is 2.28 bits per heavy atom. The van der Waals surface area contributed by atoms with E-state index in [2.05, 4.69) is 21.2 Å². The van der Waals surface area contributed by atoms with Gasteiger partial charge in [0, 0.05) is 25.2 Å². The first-order valence-corrected chi connectivity index (χ1v) is 6.82. The van der Waals surface area contributed by atoms with Crippen molar-refractivity contribution in [3.05, 3.63) is 28.2 Å². The van der Waals surface area contributed by atoms with Crippen molar-refractivity contribution < 1.29 is 9.53 Å². The Labute approximate surface area is 115 Å². The van der Waals surface area contributed by atoms with Crippen molar-refractivity contribution in [3.8, 4) is 5.75 Å². The van der Waals surface area contributed by atoms with Crippen molar-refractivity contribution in [1.29, 1.82) is 0 Å². The van der Waals surface area contributed by atoms with Gasteiger partial charge in [0.05, 0.1) is 17.6 Å². The lowest BCUT2D eigenvalue weighted by atomic mass is 10.1. The molecule has 1 N–H and O–H groups in total. The largest absolute Gasteiger partial charge is 0.496 e. The molecule has 1 saturated heterocycles. The van der Waals surface area contributed by atoms with Gasteiger partial charge in [-0.2, -0.15) is 0 Å². The Morgan fingerprint density at radius 1 is 1.56 bits per heavy atom. The van der Waals surface area contributed by atoms with E-state index in [4.69, 9.17) is 4.74 Å². The molecule has 0 bridgehead atoms. The fourth-order valence-electron chi connectivity index (χ4n) is 2.03. The third kappa shape index (κ3) is 2.52. The predicted octanol–water partition coefficient (Wildman–Crippen LogP) is 1.89. The molecule has 5 heteroatoms. The maximum absolute atomic E-state index is 12.4. The molecule has 0 aromatic heterocycles. The Bertz CT molecular complexity index is 447. The van der Waals surface area contributed by atoms with E-state index in [1.807, 2.05) is 24.0 Å². The fraction of sp³-hybridized carbons (Fsp3) is 0.462. The quantitative estimate of drug-likeness (QED) is 0.923. The van der Waals surface area contributed by atoms with Crippen LogP contribution in [0.1, 0.15) is 17.3 Å². The molecule has 1 amide bonds. The Balaban J connectivity index is 2.19. The van der Waals surface area contributed by atoms with Crippen molar-refractivity contribution >= 4 is 21.8 Å². The summed E-state index contributed by atoms with van der Waals surface area (Å²) >= 11 is 3.41. The van der Waals surface area contributed by atoms with Crippen molar-refractivity contribution in [3.63, 3.8) is 0 Å². The highest BCUT2D eigenvalue weighted by atomic mass is 79.9. The average molecular weight is 313 g/mol. The van der Waals surface area contributed by atoms with Gasteiger partial charge in [-0.05, 0) is 41.1 Å². The first-order valence-electron chi connectivity index (χ1n) is 6.02. The number of hydrogen-bond acceptors (Lipinski definition) is 3. The summed E-state index contributed by atoms with van der Waals surface area (Å²) in [5, 5.41) is 3.19. The predicted molar refractivity (Wildman–Crippen MR) is 74.1 cm³/mol. The van der Waals surface area contributed by atoms with Crippen LogP contribution in [0.15, 0.2) is 22.7 Å². The summed E-state index contributed by atoms with van der Waals surface area (Å²) in [6.07, 6.45) is 0. The molecule has 4 nitrogen and oxygen atoms in total. The zero-order chi connectivity index (χ0) is 13.1. The molecule has 1 aliphatic heterocycles. The number of carbonyl (C=O) groups excluding carboxylic acids is 1. The first-order chi connectivity index (χ1) is 8.67. The van der Waals surface area contributed by atoms with Gasteiger partial charge in [-0.15, -0.1) is 0 Å². The van der Waals surface area contributed by atoms with Crippen LogP contribution in [0.4, 0.5) is 0 Å². The average Bonchev–Trinajstić information content (AvgIpc) is 2.32. The Hall–Kier alpha value is -1.07. The summed E-state index contributed by atoms with van der Waals surface area (Å²) in [5.41, 5.74) is 0.691. The molecule has 98 valence electrons. The van der Waals surface area contributed by atoms with Gasteiger partial charge in [-0.1, -0.05) is 0 Å². The number of amides is 1. The SMILES string of the molecule is CCN(C(=O)c1ccc(OC)c(Br)c1)C1CNC1. The van der Waals surface area contributed by atoms with E-state index in [9.17, 15) is 4.79 Å². The molecule has 1 heterocycles. The van der Waals surface area contributed by atoms with E-state index in [0.717, 1.165) is 29.9 Å². The monoisotopic (exact) mass is 312 g/mol. The number of carbonyl (C=O) groups is 1. The minimum absolute atomic E-state index is 0.0763. The Morgan fingerprint density at radius 3 is 2.72 bits per heavy atom. The van der Waals surface area contributed by atoms with Crippen molar-refractivity contribution in [2.24, 2.45) is 0 Å². The lowest BCUT2D eigenvalue weighted by molar-refractivity contribution is 0.0630. The van der Waals surface area contributed by atoms with E-state index in [-0.39, 0.29) is 5.91 Å². The molecule has 1 aromatic rings. The van der Waals surface area contributed by atoms with Crippen LogP contribution in [0.5, 0.6) is 5.75 Å². The molecule has 1 aromatic carbocycles. The van der Waals surface area contributed by atoms with E-state index >= 15 is 0 Å². The lowest BCUT2D eigenvalue weighted by Crippen LogP contribution is -2.58. The topological polar surface area (TPSA) is 41.6 Å². The molecule has 0 atom stereocenters. The second kappa shape index (κ2) is 5.71. The maximum Gasteiger partial charge on any atom is 0.254 e. The first kappa shape index (κ1) is 13.4. The molecular weight excluding hydrogens is 296 g/mol. The van der Waals surface area contributed by atoms with Crippen molar-refractivity contribution in [2.75, 3.05) is 26.7 Å². The van der Waals surface area contributed by atoms with Gasteiger partial charge in [-0.3, -0.25) is 4.79 Å². The highest BCUT2D eigenvalue weighted by Crippen LogP contribution is 2.26. The number of ether oxygens (including phenoxy) is 1. The van der Waals surface area contributed by atoms with Crippen LogP contribution in [0.2, 0.25) is 0 Å². The van der Waals surface area contributed by atoms with Crippen molar-refractivity contribution in [1.82, 2.24) is 10.2 Å². The van der Waals surface area contributed by atoms with Gasteiger partial charge in [-0.25, -0.2) is 0 Å². The number of rotatable bonds is 4. The summed E-state index contributed by atoms with van der Waals surface area (Å²) < 4.78 is 5.97. The number of nitrogens with zero attached hydrogens (tertiary/aromatic N) is 1. The van der Waals surface area contributed by atoms with Crippen molar-refractivity contribution in [2.45, 2.75) is 13.0 Å². The highest BCUT2D eigenvalue weighted by molar-refractivity contribution is 9.10. The summed E-state index contributed by atoms with van der Waals surface area (Å²) in [4.78, 5) is 14.3. The van der Waals surface area contributed by atoms with E-state index in [1.54, 1.807) is 13.2 Å². The standard InChI is InChI=1S/C13H17BrN2O2/c1-3-16(10-7-15-8-10)13(17)9-4-5-12(18-2)11(14)6-9/h4-6,10,15H,3,7-8H2,1-2H3. The number of hydrogen-bond donors (Lipinski definition) is 1. The van der Waals surface area contributed by atoms with Crippen LogP contribution >= 0.6 is 15.9 Å². The van der Waals surface area contributed by atoms with Crippen LogP contribution in [0.25, 0.3) is 0 Å². The summed E-state index contributed by atoms with van der Waals surface area (Å²) in [7, 11) is 1.61. The number of likely N-dealkylation sites (N-methyl/N-ethyl adjacent to an activating group) is 1. The molecule has 0 unspecified atom stereocenters. The minimum atomic E-state index is 0.0763. The zero-order valence-corrected chi connectivity index (χ0v) is 12.2. The Kier molecular flexibility index (Phi) is 4.24. The molecule has 18 heavy (non-hydrogen) atoms. The van der Waals surface area contributed by atoms with Gasteiger partial charge in [0.2, 0.25) is 0 Å².